The molecule has 2 nitrogen and oxygen atoms in total. The molecule has 1 aliphatic carbocycles. The van der Waals surface area contributed by atoms with Crippen molar-refractivity contribution < 1.29 is 8.78 Å². The van der Waals surface area contributed by atoms with Gasteiger partial charge in [0.25, 0.3) is 0 Å². The minimum absolute atomic E-state index is 0.112. The van der Waals surface area contributed by atoms with E-state index in [0.29, 0.717) is 5.11 Å². The summed E-state index contributed by atoms with van der Waals surface area (Å²) in [6.07, 6.45) is 3.84. The molecule has 25 heavy (non-hydrogen) atoms. The van der Waals surface area contributed by atoms with Crippen molar-refractivity contribution in [1.82, 2.24) is 10.6 Å². The number of nitrogens with one attached hydrogen (secondary N) is 2. The molecule has 0 aromatic heterocycles. The van der Waals surface area contributed by atoms with Gasteiger partial charge in [0.15, 0.2) is 5.11 Å². The molecule has 2 aromatic rings. The lowest BCUT2D eigenvalue weighted by Gasteiger charge is -2.30. The molecular weight excluding hydrogens is 338 g/mol. The summed E-state index contributed by atoms with van der Waals surface area (Å²) in [7, 11) is 0. The summed E-state index contributed by atoms with van der Waals surface area (Å²) in [5.74, 6) is -0.507. The zero-order chi connectivity index (χ0) is 17.4. The van der Waals surface area contributed by atoms with Crippen molar-refractivity contribution in [3.05, 3.63) is 88.1 Å². The molecule has 2 aliphatic rings. The second-order valence-corrected chi connectivity index (χ2v) is 6.60. The van der Waals surface area contributed by atoms with Crippen molar-refractivity contribution in [2.75, 3.05) is 0 Å². The Balaban J connectivity index is 1.75. The summed E-state index contributed by atoms with van der Waals surface area (Å²) in [4.78, 5) is 0. The molecule has 126 valence electrons. The largest absolute Gasteiger partial charge is 0.351 e. The lowest BCUT2D eigenvalue weighted by molar-refractivity contribution is 0.624. The molecule has 1 aliphatic heterocycles. The molecule has 0 saturated heterocycles. The third kappa shape index (κ3) is 3.20. The van der Waals surface area contributed by atoms with Gasteiger partial charge in [-0.05, 0) is 66.0 Å². The van der Waals surface area contributed by atoms with Gasteiger partial charge in [-0.25, -0.2) is 8.78 Å². The molecule has 0 unspecified atom stereocenters. The van der Waals surface area contributed by atoms with E-state index in [1.807, 2.05) is 0 Å². The fourth-order valence-corrected chi connectivity index (χ4v) is 3.65. The Morgan fingerprint density at radius 2 is 1.56 bits per heavy atom. The highest BCUT2D eigenvalue weighted by Gasteiger charge is 2.32. The Morgan fingerprint density at radius 3 is 2.24 bits per heavy atom. The van der Waals surface area contributed by atoms with Crippen LogP contribution >= 0.6 is 12.2 Å². The van der Waals surface area contributed by atoms with Gasteiger partial charge in [0.2, 0.25) is 0 Å². The van der Waals surface area contributed by atoms with Crippen molar-refractivity contribution >= 4 is 23.4 Å². The van der Waals surface area contributed by atoms with Gasteiger partial charge in [-0.1, -0.05) is 30.3 Å². The second kappa shape index (κ2) is 6.41. The maximum atomic E-state index is 13.3. The third-order valence-electron chi connectivity index (χ3n) is 4.56. The van der Waals surface area contributed by atoms with Crippen LogP contribution in [0.4, 0.5) is 8.78 Å². The summed E-state index contributed by atoms with van der Waals surface area (Å²) in [5, 5.41) is 7.11. The quantitative estimate of drug-likeness (QED) is 0.770. The molecule has 0 radical (unpaired) electrons. The molecular formula is C20H16F2N2S. The number of hydrogen-bond donors (Lipinski definition) is 2. The smallest absolute Gasteiger partial charge is 0.171 e. The molecule has 0 spiro atoms. The van der Waals surface area contributed by atoms with Crippen LogP contribution in [0, 0.1) is 11.6 Å². The summed E-state index contributed by atoms with van der Waals surface area (Å²) < 4.78 is 26.4. The molecule has 0 amide bonds. The molecule has 5 heteroatoms. The number of thiocarbonyl (C=S) groups is 1. The van der Waals surface area contributed by atoms with Crippen LogP contribution < -0.4 is 10.6 Å². The summed E-state index contributed by atoms with van der Waals surface area (Å²) in [6, 6.07) is 12.8. The highest BCUT2D eigenvalue weighted by molar-refractivity contribution is 7.80. The number of allylic oxidation sites excluding steroid dienone is 1. The van der Waals surface area contributed by atoms with Crippen molar-refractivity contribution in [3.63, 3.8) is 0 Å². The monoisotopic (exact) mass is 354 g/mol. The number of benzene rings is 2. The molecule has 4 rings (SSSR count). The van der Waals surface area contributed by atoms with Gasteiger partial charge >= 0.3 is 0 Å². The van der Waals surface area contributed by atoms with Crippen molar-refractivity contribution in [3.8, 4) is 0 Å². The van der Waals surface area contributed by atoms with Crippen molar-refractivity contribution in [2.24, 2.45) is 0 Å². The first kappa shape index (κ1) is 16.0. The van der Waals surface area contributed by atoms with Crippen molar-refractivity contribution in [1.29, 1.82) is 0 Å². The minimum atomic E-state index is -0.261. The van der Waals surface area contributed by atoms with E-state index in [4.69, 9.17) is 12.2 Å². The predicted octanol–water partition coefficient (Wildman–Crippen LogP) is 4.62. The van der Waals surface area contributed by atoms with E-state index in [0.717, 1.165) is 35.2 Å². The van der Waals surface area contributed by atoms with E-state index in [9.17, 15) is 8.78 Å². The van der Waals surface area contributed by atoms with Gasteiger partial charge in [0.1, 0.15) is 11.6 Å². The van der Waals surface area contributed by atoms with Crippen LogP contribution in [0.15, 0.2) is 65.4 Å². The molecule has 2 N–H and O–H groups in total. The third-order valence-corrected chi connectivity index (χ3v) is 4.78. The maximum absolute atomic E-state index is 13.3. The fourth-order valence-electron chi connectivity index (χ4n) is 3.40. The van der Waals surface area contributed by atoms with Crippen LogP contribution in [0.25, 0.3) is 6.08 Å². The molecule has 0 fully saturated rings. The van der Waals surface area contributed by atoms with Crippen LogP contribution in [0.2, 0.25) is 0 Å². The zero-order valence-corrected chi connectivity index (χ0v) is 14.2. The summed E-state index contributed by atoms with van der Waals surface area (Å²) in [6.45, 7) is 0. The first-order valence-electron chi connectivity index (χ1n) is 8.13. The SMILES string of the molecule is Fc1ccc(/C=C2\CCC3=C2[C@@H](c2ccc(F)cc2)NC(=S)N3)cc1. The molecule has 1 atom stereocenters. The van der Waals surface area contributed by atoms with Gasteiger partial charge < -0.3 is 10.6 Å². The van der Waals surface area contributed by atoms with Gasteiger partial charge in [0, 0.05) is 11.3 Å². The molecule has 0 saturated carbocycles. The molecule has 2 aromatic carbocycles. The topological polar surface area (TPSA) is 24.1 Å². The first-order valence-corrected chi connectivity index (χ1v) is 8.53. The van der Waals surface area contributed by atoms with Crippen LogP contribution in [0.3, 0.4) is 0 Å². The Labute approximate surface area is 150 Å². The predicted molar refractivity (Wildman–Crippen MR) is 98.6 cm³/mol. The standard InChI is InChI=1S/C20H16F2N2S/c21-15-6-1-12(2-7-15)11-14-5-10-17-18(14)19(24-20(25)23-17)13-3-8-16(22)9-4-13/h1-4,6-9,11,19H,5,10H2,(H2,23,24,25)/b14-11+/t19-/m1/s1. The Morgan fingerprint density at radius 1 is 0.920 bits per heavy atom. The highest BCUT2D eigenvalue weighted by atomic mass is 32.1. The second-order valence-electron chi connectivity index (χ2n) is 6.20. The first-order chi connectivity index (χ1) is 12.1. The lowest BCUT2D eigenvalue weighted by Crippen LogP contribution is -2.42. The number of halogens is 2. The van der Waals surface area contributed by atoms with E-state index in [2.05, 4.69) is 16.7 Å². The van der Waals surface area contributed by atoms with Gasteiger partial charge in [-0.2, -0.15) is 0 Å². The zero-order valence-electron chi connectivity index (χ0n) is 13.4. The van der Waals surface area contributed by atoms with E-state index in [1.54, 1.807) is 24.3 Å². The van der Waals surface area contributed by atoms with Crippen LogP contribution in [0.5, 0.6) is 0 Å². The van der Waals surface area contributed by atoms with E-state index in [-0.39, 0.29) is 17.7 Å². The Kier molecular flexibility index (Phi) is 4.09. The number of rotatable bonds is 2. The fraction of sp³-hybridized carbons (Fsp3) is 0.150. The van der Waals surface area contributed by atoms with E-state index in [1.165, 1.54) is 29.8 Å². The van der Waals surface area contributed by atoms with E-state index >= 15 is 0 Å². The minimum Gasteiger partial charge on any atom is -0.351 e. The van der Waals surface area contributed by atoms with Crippen LogP contribution in [0.1, 0.15) is 30.0 Å². The maximum Gasteiger partial charge on any atom is 0.171 e. The molecule has 0 bridgehead atoms. The summed E-state index contributed by atoms with van der Waals surface area (Å²) >= 11 is 5.32. The van der Waals surface area contributed by atoms with Gasteiger partial charge in [-0.3, -0.25) is 0 Å². The summed E-state index contributed by atoms with van der Waals surface area (Å²) in [5.41, 5.74) is 5.34. The van der Waals surface area contributed by atoms with Crippen LogP contribution in [-0.2, 0) is 0 Å². The Hall–Kier alpha value is -2.53. The average Bonchev–Trinajstić information content (AvgIpc) is 2.99. The van der Waals surface area contributed by atoms with Gasteiger partial charge in [0.05, 0.1) is 6.04 Å². The molecule has 1 heterocycles. The average molecular weight is 354 g/mol. The Bertz CT molecular complexity index is 883. The number of hydrogen-bond acceptors (Lipinski definition) is 1. The lowest BCUT2D eigenvalue weighted by atomic mass is 9.92. The van der Waals surface area contributed by atoms with Crippen LogP contribution in [-0.4, -0.2) is 5.11 Å². The normalized spacial score (nSPS) is 21.1. The van der Waals surface area contributed by atoms with E-state index < -0.39 is 0 Å². The van der Waals surface area contributed by atoms with Gasteiger partial charge in [-0.15, -0.1) is 0 Å². The van der Waals surface area contributed by atoms with Crippen molar-refractivity contribution in [2.45, 2.75) is 18.9 Å². The highest BCUT2D eigenvalue weighted by Crippen LogP contribution is 2.41.